The van der Waals surface area contributed by atoms with E-state index in [9.17, 15) is 5.26 Å². The van der Waals surface area contributed by atoms with Crippen molar-refractivity contribution < 1.29 is 0 Å². The van der Waals surface area contributed by atoms with E-state index in [4.69, 9.17) is 0 Å². The minimum absolute atomic E-state index is 0.882. The number of anilines is 2. The number of aryl methyl sites for hydroxylation is 1. The average molecular weight is 484 g/mol. The van der Waals surface area contributed by atoms with Gasteiger partial charge in [0.1, 0.15) is 6.07 Å². The monoisotopic (exact) mass is 483 g/mol. The first-order valence-corrected chi connectivity index (χ1v) is 13.5. The molecule has 0 atom stereocenters. The van der Waals surface area contributed by atoms with Crippen LogP contribution in [0.3, 0.4) is 0 Å². The van der Waals surface area contributed by atoms with Crippen molar-refractivity contribution in [1.29, 1.82) is 5.26 Å². The minimum Gasteiger partial charge on any atom is -0.378 e. The van der Waals surface area contributed by atoms with E-state index in [0.717, 1.165) is 37.2 Å². The maximum absolute atomic E-state index is 10.4. The van der Waals surface area contributed by atoms with Crippen molar-refractivity contribution in [1.82, 2.24) is 0 Å². The van der Waals surface area contributed by atoms with Gasteiger partial charge in [0.15, 0.2) is 0 Å². The standard InChI is InChI=1S/C34H33N3/c1-36(2)28-17-14-25(15-18-28)24-10-12-27(13-11-24)31-22-33(37-20-6-3-7-21-37)32(23-35)30-19-16-26-8-4-5-9-29(26)34(30)31/h4-5,8-15,17-18,22H,3,6-7,16,19-21H2,1-2H3. The zero-order chi connectivity index (χ0) is 25.4. The Morgan fingerprint density at radius 3 is 2.05 bits per heavy atom. The molecule has 6 rings (SSSR count). The Labute approximate surface area is 220 Å². The molecule has 4 aromatic rings. The molecule has 0 radical (unpaired) electrons. The molecule has 0 bridgehead atoms. The highest BCUT2D eigenvalue weighted by molar-refractivity contribution is 5.93. The summed E-state index contributed by atoms with van der Waals surface area (Å²) >= 11 is 0. The van der Waals surface area contributed by atoms with Gasteiger partial charge in [-0.2, -0.15) is 5.26 Å². The van der Waals surface area contributed by atoms with Crippen molar-refractivity contribution in [2.45, 2.75) is 32.1 Å². The van der Waals surface area contributed by atoms with Gasteiger partial charge in [0.25, 0.3) is 0 Å². The lowest BCUT2D eigenvalue weighted by atomic mass is 9.78. The number of rotatable bonds is 4. The first-order chi connectivity index (χ1) is 18.1. The van der Waals surface area contributed by atoms with E-state index in [1.54, 1.807) is 0 Å². The first-order valence-electron chi connectivity index (χ1n) is 13.5. The van der Waals surface area contributed by atoms with E-state index in [1.165, 1.54) is 69.5 Å². The molecule has 37 heavy (non-hydrogen) atoms. The Morgan fingerprint density at radius 2 is 1.38 bits per heavy atom. The normalized spacial score (nSPS) is 14.5. The Bertz CT molecular complexity index is 1470. The molecule has 0 amide bonds. The second-order valence-corrected chi connectivity index (χ2v) is 10.5. The molecule has 3 heteroatoms. The van der Waals surface area contributed by atoms with Gasteiger partial charge in [-0.1, -0.05) is 60.7 Å². The summed E-state index contributed by atoms with van der Waals surface area (Å²) in [7, 11) is 4.14. The summed E-state index contributed by atoms with van der Waals surface area (Å²) in [6.45, 7) is 2.07. The number of nitrogens with zero attached hydrogens (tertiary/aromatic N) is 3. The van der Waals surface area contributed by atoms with Crippen LogP contribution in [0, 0.1) is 11.3 Å². The molecule has 1 saturated heterocycles. The van der Waals surface area contributed by atoms with E-state index in [1.807, 2.05) is 0 Å². The molecule has 0 spiro atoms. The summed E-state index contributed by atoms with van der Waals surface area (Å²) < 4.78 is 0. The van der Waals surface area contributed by atoms with Crippen molar-refractivity contribution in [3.8, 4) is 39.4 Å². The lowest BCUT2D eigenvalue weighted by molar-refractivity contribution is 0.577. The van der Waals surface area contributed by atoms with Gasteiger partial charge in [-0.15, -0.1) is 0 Å². The third-order valence-corrected chi connectivity index (χ3v) is 8.06. The van der Waals surface area contributed by atoms with Crippen LogP contribution in [0.5, 0.6) is 0 Å². The Hall–Kier alpha value is -4.03. The van der Waals surface area contributed by atoms with Crippen LogP contribution in [0.2, 0.25) is 0 Å². The summed E-state index contributed by atoms with van der Waals surface area (Å²) in [5.74, 6) is 0. The van der Waals surface area contributed by atoms with E-state index in [2.05, 4.69) is 109 Å². The third-order valence-electron chi connectivity index (χ3n) is 8.06. The summed E-state index contributed by atoms with van der Waals surface area (Å²) in [6.07, 6.45) is 5.58. The lowest BCUT2D eigenvalue weighted by Crippen LogP contribution is -2.30. The summed E-state index contributed by atoms with van der Waals surface area (Å²) in [5.41, 5.74) is 13.2. The van der Waals surface area contributed by atoms with Crippen molar-refractivity contribution >= 4 is 11.4 Å². The molecule has 1 aliphatic carbocycles. The fourth-order valence-corrected chi connectivity index (χ4v) is 6.05. The van der Waals surface area contributed by atoms with Gasteiger partial charge >= 0.3 is 0 Å². The van der Waals surface area contributed by atoms with Gasteiger partial charge in [0, 0.05) is 32.9 Å². The van der Waals surface area contributed by atoms with E-state index in [-0.39, 0.29) is 0 Å². The maximum Gasteiger partial charge on any atom is 0.102 e. The number of fused-ring (bicyclic) bond motifs is 3. The molecule has 3 nitrogen and oxygen atoms in total. The molecule has 4 aromatic carbocycles. The third kappa shape index (κ3) is 4.27. The zero-order valence-electron chi connectivity index (χ0n) is 21.8. The molecule has 0 unspecified atom stereocenters. The van der Waals surface area contributed by atoms with Gasteiger partial charge in [-0.25, -0.2) is 0 Å². The van der Waals surface area contributed by atoms with Crippen LogP contribution in [0.1, 0.15) is 36.0 Å². The Kier molecular flexibility index (Phi) is 6.18. The second kappa shape index (κ2) is 9.79. The van der Waals surface area contributed by atoms with Gasteiger partial charge < -0.3 is 9.80 Å². The lowest BCUT2D eigenvalue weighted by Gasteiger charge is -2.33. The van der Waals surface area contributed by atoms with E-state index >= 15 is 0 Å². The predicted octanol–water partition coefficient (Wildman–Crippen LogP) is 7.71. The van der Waals surface area contributed by atoms with E-state index in [0.29, 0.717) is 0 Å². The van der Waals surface area contributed by atoms with Crippen LogP contribution in [0.15, 0.2) is 78.9 Å². The Morgan fingerprint density at radius 1 is 0.730 bits per heavy atom. The highest BCUT2D eigenvalue weighted by Gasteiger charge is 2.27. The average Bonchev–Trinajstić information content (AvgIpc) is 2.96. The molecule has 1 heterocycles. The molecule has 1 fully saturated rings. The van der Waals surface area contributed by atoms with Crippen LogP contribution in [-0.4, -0.2) is 27.2 Å². The first kappa shape index (κ1) is 23.4. The fourth-order valence-electron chi connectivity index (χ4n) is 6.05. The largest absolute Gasteiger partial charge is 0.378 e. The molecule has 0 aromatic heterocycles. The SMILES string of the molecule is CN(C)c1ccc(-c2ccc(-c3cc(N4CCCCC4)c(C#N)c4c3-c3ccccc3CC4)cc2)cc1. The smallest absolute Gasteiger partial charge is 0.102 e. The van der Waals surface area contributed by atoms with Crippen LogP contribution in [0.4, 0.5) is 11.4 Å². The van der Waals surface area contributed by atoms with Gasteiger partial charge in [0.05, 0.1) is 11.3 Å². The number of piperidine rings is 1. The topological polar surface area (TPSA) is 30.3 Å². The molecule has 0 saturated carbocycles. The van der Waals surface area contributed by atoms with E-state index < -0.39 is 0 Å². The van der Waals surface area contributed by atoms with Gasteiger partial charge in [-0.3, -0.25) is 0 Å². The molecule has 2 aliphatic rings. The van der Waals surface area contributed by atoms with Crippen molar-refractivity contribution in [3.05, 3.63) is 95.6 Å². The zero-order valence-corrected chi connectivity index (χ0v) is 21.8. The molecular weight excluding hydrogens is 450 g/mol. The molecule has 184 valence electrons. The number of nitriles is 1. The number of hydrogen-bond donors (Lipinski definition) is 0. The molecule has 1 aliphatic heterocycles. The predicted molar refractivity (Wildman–Crippen MR) is 155 cm³/mol. The van der Waals surface area contributed by atoms with Gasteiger partial charge in [0.2, 0.25) is 0 Å². The summed E-state index contributed by atoms with van der Waals surface area (Å²) in [6, 6.07) is 31.4. The van der Waals surface area contributed by atoms with Crippen molar-refractivity contribution in [2.75, 3.05) is 37.0 Å². The van der Waals surface area contributed by atoms with Crippen molar-refractivity contribution in [2.24, 2.45) is 0 Å². The highest BCUT2D eigenvalue weighted by Crippen LogP contribution is 2.46. The molecule has 0 N–H and O–H groups in total. The van der Waals surface area contributed by atoms with Crippen LogP contribution >= 0.6 is 0 Å². The number of benzene rings is 4. The highest BCUT2D eigenvalue weighted by atomic mass is 15.1. The molecular formula is C34H33N3. The fraction of sp³-hybridized carbons (Fsp3) is 0.265. The van der Waals surface area contributed by atoms with Crippen LogP contribution in [-0.2, 0) is 12.8 Å². The van der Waals surface area contributed by atoms with Crippen LogP contribution < -0.4 is 9.80 Å². The quantitative estimate of drug-likeness (QED) is 0.298. The number of hydrogen-bond acceptors (Lipinski definition) is 3. The maximum atomic E-state index is 10.4. The summed E-state index contributed by atoms with van der Waals surface area (Å²) in [4.78, 5) is 4.58. The van der Waals surface area contributed by atoms with Crippen LogP contribution in [0.25, 0.3) is 33.4 Å². The minimum atomic E-state index is 0.882. The Balaban J connectivity index is 1.49. The van der Waals surface area contributed by atoms with Gasteiger partial charge in [-0.05, 0) is 94.8 Å². The summed E-state index contributed by atoms with van der Waals surface area (Å²) in [5, 5.41) is 10.4. The second-order valence-electron chi connectivity index (χ2n) is 10.5. The van der Waals surface area contributed by atoms with Crippen molar-refractivity contribution in [3.63, 3.8) is 0 Å².